The van der Waals surface area contributed by atoms with E-state index in [1.165, 1.54) is 7.05 Å². The van der Waals surface area contributed by atoms with Crippen molar-refractivity contribution in [1.29, 1.82) is 0 Å². The Labute approximate surface area is 135 Å². The second-order valence-electron chi connectivity index (χ2n) is 5.92. The number of fused-ring (bicyclic) bond motifs is 1. The fourth-order valence-corrected chi connectivity index (χ4v) is 4.22. The number of aromatic nitrogens is 2. The first kappa shape index (κ1) is 16.0. The maximum absolute atomic E-state index is 13.6. The van der Waals surface area contributed by atoms with Gasteiger partial charge in [0.2, 0.25) is 5.92 Å². The minimum absolute atomic E-state index is 0.116. The van der Waals surface area contributed by atoms with Crippen LogP contribution in [0.4, 0.5) is 8.78 Å². The molecule has 0 spiro atoms. The zero-order valence-electron chi connectivity index (χ0n) is 12.8. The number of aryl methyl sites for hydroxylation is 1. The first-order valence-corrected chi connectivity index (χ1v) is 8.27. The lowest BCUT2D eigenvalue weighted by Gasteiger charge is -2.28. The number of hydrogen-bond acceptors (Lipinski definition) is 4. The molecule has 2 aromatic heterocycles. The number of aromatic amines is 1. The molecule has 2 N–H and O–H groups in total. The van der Waals surface area contributed by atoms with Gasteiger partial charge >= 0.3 is 0 Å². The number of amides is 1. The molecule has 0 unspecified atom stereocenters. The summed E-state index contributed by atoms with van der Waals surface area (Å²) in [5, 5.41) is 2.88. The van der Waals surface area contributed by atoms with Crippen molar-refractivity contribution in [3.05, 3.63) is 26.6 Å². The van der Waals surface area contributed by atoms with Gasteiger partial charge in [-0.15, -0.1) is 11.3 Å². The highest BCUT2D eigenvalue weighted by molar-refractivity contribution is 7.20. The SMILES string of the molecule is CNC(=O)c1sc2nc([C@H]3CCCC(F)(F)C3)[nH]c(=O)c2c1C. The average Bonchev–Trinajstić information content (AvgIpc) is 2.83. The molecule has 1 amide bonds. The molecule has 8 heteroatoms. The molecule has 0 saturated heterocycles. The van der Waals surface area contributed by atoms with Crippen LogP contribution in [0, 0.1) is 6.92 Å². The van der Waals surface area contributed by atoms with Crippen LogP contribution in [0.3, 0.4) is 0 Å². The second kappa shape index (κ2) is 5.67. The van der Waals surface area contributed by atoms with Gasteiger partial charge in [0, 0.05) is 25.8 Å². The van der Waals surface area contributed by atoms with Crippen molar-refractivity contribution < 1.29 is 13.6 Å². The number of H-pyrrole nitrogens is 1. The third-order valence-electron chi connectivity index (χ3n) is 4.28. The fourth-order valence-electron chi connectivity index (χ4n) is 3.09. The van der Waals surface area contributed by atoms with Gasteiger partial charge in [-0.05, 0) is 25.3 Å². The van der Waals surface area contributed by atoms with Crippen molar-refractivity contribution in [2.24, 2.45) is 0 Å². The van der Waals surface area contributed by atoms with Crippen molar-refractivity contribution in [2.45, 2.75) is 44.4 Å². The molecule has 0 aromatic carbocycles. The number of alkyl halides is 2. The predicted molar refractivity (Wildman–Crippen MR) is 84.5 cm³/mol. The van der Waals surface area contributed by atoms with E-state index in [0.29, 0.717) is 39.3 Å². The molecule has 1 aliphatic carbocycles. The normalized spacial score (nSPS) is 20.6. The Morgan fingerprint density at radius 1 is 1.48 bits per heavy atom. The highest BCUT2D eigenvalue weighted by atomic mass is 32.1. The lowest BCUT2D eigenvalue weighted by atomic mass is 9.86. The molecule has 1 fully saturated rings. The highest BCUT2D eigenvalue weighted by Crippen LogP contribution is 2.41. The van der Waals surface area contributed by atoms with Crippen LogP contribution in [0.1, 0.15) is 52.7 Å². The molecule has 124 valence electrons. The first-order valence-electron chi connectivity index (χ1n) is 7.45. The van der Waals surface area contributed by atoms with E-state index in [1.807, 2.05) is 0 Å². The third-order valence-corrected chi connectivity index (χ3v) is 5.46. The lowest BCUT2D eigenvalue weighted by Crippen LogP contribution is -2.27. The number of halogens is 2. The van der Waals surface area contributed by atoms with Crippen LogP contribution in [-0.4, -0.2) is 28.8 Å². The predicted octanol–water partition coefficient (Wildman–Crippen LogP) is 2.95. The number of hydrogen-bond donors (Lipinski definition) is 2. The zero-order chi connectivity index (χ0) is 16.8. The summed E-state index contributed by atoms with van der Waals surface area (Å²) in [7, 11) is 1.51. The van der Waals surface area contributed by atoms with E-state index in [2.05, 4.69) is 15.3 Å². The molecule has 1 saturated carbocycles. The molecule has 0 bridgehead atoms. The molecular weight excluding hydrogens is 324 g/mol. The van der Waals surface area contributed by atoms with Crippen molar-refractivity contribution in [2.75, 3.05) is 7.05 Å². The van der Waals surface area contributed by atoms with Crippen LogP contribution in [0.5, 0.6) is 0 Å². The number of nitrogens with one attached hydrogen (secondary N) is 2. The van der Waals surface area contributed by atoms with E-state index in [1.54, 1.807) is 6.92 Å². The Hall–Kier alpha value is -1.83. The molecule has 1 atom stereocenters. The first-order chi connectivity index (χ1) is 10.8. The van der Waals surface area contributed by atoms with Gasteiger partial charge in [0.25, 0.3) is 11.5 Å². The van der Waals surface area contributed by atoms with Gasteiger partial charge in [-0.3, -0.25) is 9.59 Å². The van der Waals surface area contributed by atoms with Gasteiger partial charge in [-0.25, -0.2) is 13.8 Å². The summed E-state index contributed by atoms with van der Waals surface area (Å²) >= 11 is 1.12. The number of nitrogens with zero attached hydrogens (tertiary/aromatic N) is 1. The van der Waals surface area contributed by atoms with Crippen LogP contribution in [0.2, 0.25) is 0 Å². The summed E-state index contributed by atoms with van der Waals surface area (Å²) in [4.78, 5) is 32.1. The largest absolute Gasteiger partial charge is 0.354 e. The molecule has 23 heavy (non-hydrogen) atoms. The summed E-state index contributed by atoms with van der Waals surface area (Å²) in [5.74, 6) is -3.15. The van der Waals surface area contributed by atoms with Gasteiger partial charge in [0.15, 0.2) is 0 Å². The summed E-state index contributed by atoms with van der Waals surface area (Å²) in [5.41, 5.74) is 0.196. The molecule has 2 aromatic rings. The maximum atomic E-state index is 13.6. The molecule has 0 aliphatic heterocycles. The number of carbonyl (C=O) groups is 1. The van der Waals surface area contributed by atoms with Gasteiger partial charge < -0.3 is 10.3 Å². The Morgan fingerprint density at radius 2 is 2.22 bits per heavy atom. The topological polar surface area (TPSA) is 74.8 Å². The summed E-state index contributed by atoms with van der Waals surface area (Å²) in [6.45, 7) is 1.69. The van der Waals surface area contributed by atoms with E-state index in [9.17, 15) is 18.4 Å². The van der Waals surface area contributed by atoms with Crippen LogP contribution in [-0.2, 0) is 0 Å². The standard InChI is InChI=1S/C15H17F2N3O2S/c1-7-9-12(21)19-11(8-4-3-5-15(16,17)6-8)20-14(9)23-10(7)13(22)18-2/h8H,3-6H2,1-2H3,(H,18,22)(H,19,20,21)/t8-/m0/s1. The van der Waals surface area contributed by atoms with Gasteiger partial charge in [-0.2, -0.15) is 0 Å². The van der Waals surface area contributed by atoms with Crippen molar-refractivity contribution >= 4 is 27.5 Å². The van der Waals surface area contributed by atoms with Crippen LogP contribution in [0.15, 0.2) is 4.79 Å². The minimum atomic E-state index is -2.71. The quantitative estimate of drug-likeness (QED) is 0.882. The summed E-state index contributed by atoms with van der Waals surface area (Å²) in [6, 6.07) is 0. The Morgan fingerprint density at radius 3 is 2.87 bits per heavy atom. The molecular formula is C15H17F2N3O2S. The van der Waals surface area contributed by atoms with Gasteiger partial charge in [-0.1, -0.05) is 0 Å². The fraction of sp³-hybridized carbons (Fsp3) is 0.533. The van der Waals surface area contributed by atoms with E-state index in [0.717, 1.165) is 11.3 Å². The average molecular weight is 341 g/mol. The Kier molecular flexibility index (Phi) is 3.95. The monoisotopic (exact) mass is 341 g/mol. The Balaban J connectivity index is 2.08. The molecule has 5 nitrogen and oxygen atoms in total. The number of rotatable bonds is 2. The number of thiophene rings is 1. The maximum Gasteiger partial charge on any atom is 0.261 e. The van der Waals surface area contributed by atoms with Crippen molar-refractivity contribution in [3.63, 3.8) is 0 Å². The summed E-state index contributed by atoms with van der Waals surface area (Å²) in [6.07, 6.45) is 0.575. The Bertz CT molecular complexity index is 828. The van der Waals surface area contributed by atoms with E-state index < -0.39 is 11.8 Å². The molecule has 3 rings (SSSR count). The van der Waals surface area contributed by atoms with E-state index >= 15 is 0 Å². The van der Waals surface area contributed by atoms with Crippen LogP contribution in [0.25, 0.3) is 10.2 Å². The van der Waals surface area contributed by atoms with Crippen molar-refractivity contribution in [3.8, 4) is 0 Å². The van der Waals surface area contributed by atoms with Crippen molar-refractivity contribution in [1.82, 2.24) is 15.3 Å². The minimum Gasteiger partial charge on any atom is -0.354 e. The lowest BCUT2D eigenvalue weighted by molar-refractivity contribution is -0.0417. The number of carbonyl (C=O) groups excluding carboxylic acids is 1. The molecule has 2 heterocycles. The summed E-state index contributed by atoms with van der Waals surface area (Å²) < 4.78 is 27.2. The second-order valence-corrected chi connectivity index (χ2v) is 6.91. The highest BCUT2D eigenvalue weighted by Gasteiger charge is 2.38. The van der Waals surface area contributed by atoms with Gasteiger partial charge in [0.05, 0.1) is 10.3 Å². The zero-order valence-corrected chi connectivity index (χ0v) is 13.7. The van der Waals surface area contributed by atoms with Crippen LogP contribution < -0.4 is 10.9 Å². The molecule has 1 aliphatic rings. The smallest absolute Gasteiger partial charge is 0.261 e. The molecule has 0 radical (unpaired) electrons. The third kappa shape index (κ3) is 2.87. The van der Waals surface area contributed by atoms with E-state index in [4.69, 9.17) is 0 Å². The van der Waals surface area contributed by atoms with Crippen LogP contribution >= 0.6 is 11.3 Å². The van der Waals surface area contributed by atoms with Gasteiger partial charge in [0.1, 0.15) is 10.7 Å². The van der Waals surface area contributed by atoms with E-state index in [-0.39, 0.29) is 24.3 Å².